The predicted molar refractivity (Wildman–Crippen MR) is 142 cm³/mol. The number of fused-ring (bicyclic) bond motifs is 1. The van der Waals surface area contributed by atoms with E-state index in [1.54, 1.807) is 50.4 Å². The summed E-state index contributed by atoms with van der Waals surface area (Å²) in [7, 11) is 1.56. The second-order valence-electron chi connectivity index (χ2n) is 7.52. The Morgan fingerprint density at radius 1 is 1.06 bits per heavy atom. The van der Waals surface area contributed by atoms with Gasteiger partial charge in [0.1, 0.15) is 28.5 Å². The molecule has 0 aliphatic heterocycles. The Morgan fingerprint density at radius 3 is 2.61 bits per heavy atom. The fourth-order valence-electron chi connectivity index (χ4n) is 3.49. The average Bonchev–Trinajstić information content (AvgIpc) is 3.24. The van der Waals surface area contributed by atoms with Gasteiger partial charge in [0.05, 0.1) is 25.0 Å². The van der Waals surface area contributed by atoms with Gasteiger partial charge in [-0.15, -0.1) is 11.3 Å². The zero-order chi connectivity index (χ0) is 25.5. The van der Waals surface area contributed by atoms with Crippen molar-refractivity contribution in [2.45, 2.75) is 13.5 Å². The minimum absolute atomic E-state index is 0.144. The van der Waals surface area contributed by atoms with Crippen molar-refractivity contribution in [3.05, 3.63) is 93.3 Å². The third kappa shape index (κ3) is 5.67. The molecule has 1 amide bonds. The molecule has 0 aliphatic rings. The standard InChI is InChI=1S/C27H23ClN2O5S/c1-3-34-27(32)19-8-4-6-10-22(19)35-16-18-14-17(12-13-21(18)33-2)15-29-30-26(31)25-24(28)20-9-5-7-11-23(20)36-25/h4-15H,3,16H2,1-2H3,(H,30,31)/b29-15+. The number of hydrogen-bond acceptors (Lipinski definition) is 7. The molecule has 0 aliphatic carbocycles. The van der Waals surface area contributed by atoms with E-state index in [1.165, 1.54) is 17.6 Å². The number of nitrogens with one attached hydrogen (secondary N) is 1. The first-order chi connectivity index (χ1) is 17.5. The van der Waals surface area contributed by atoms with Crippen LogP contribution in [0.25, 0.3) is 10.1 Å². The summed E-state index contributed by atoms with van der Waals surface area (Å²) in [5.41, 5.74) is 4.33. The molecule has 184 valence electrons. The smallest absolute Gasteiger partial charge is 0.341 e. The number of carbonyl (C=O) groups is 2. The van der Waals surface area contributed by atoms with E-state index in [9.17, 15) is 9.59 Å². The molecule has 1 aromatic heterocycles. The van der Waals surface area contributed by atoms with Crippen molar-refractivity contribution in [2.24, 2.45) is 5.10 Å². The summed E-state index contributed by atoms with van der Waals surface area (Å²) in [5.74, 6) is 0.187. The molecule has 36 heavy (non-hydrogen) atoms. The summed E-state index contributed by atoms with van der Waals surface area (Å²) in [6.45, 7) is 2.16. The lowest BCUT2D eigenvalue weighted by Gasteiger charge is -2.13. The molecule has 0 unspecified atom stereocenters. The van der Waals surface area contributed by atoms with Crippen molar-refractivity contribution in [1.82, 2.24) is 5.43 Å². The van der Waals surface area contributed by atoms with Crippen LogP contribution in [-0.4, -0.2) is 31.8 Å². The van der Waals surface area contributed by atoms with Crippen molar-refractivity contribution in [3.8, 4) is 11.5 Å². The number of halogens is 1. The fraction of sp³-hybridized carbons (Fsp3) is 0.148. The van der Waals surface area contributed by atoms with Crippen molar-refractivity contribution in [1.29, 1.82) is 0 Å². The SMILES string of the molecule is CCOC(=O)c1ccccc1OCc1cc(/C=N/NC(=O)c2sc3ccccc3c2Cl)ccc1OC. The largest absolute Gasteiger partial charge is 0.496 e. The second-order valence-corrected chi connectivity index (χ2v) is 8.95. The lowest BCUT2D eigenvalue weighted by Crippen LogP contribution is -2.16. The molecule has 0 saturated carbocycles. The summed E-state index contributed by atoms with van der Waals surface area (Å²) >= 11 is 7.69. The molecule has 0 atom stereocenters. The highest BCUT2D eigenvalue weighted by Crippen LogP contribution is 2.35. The molecule has 7 nitrogen and oxygen atoms in total. The van der Waals surface area contributed by atoms with Gasteiger partial charge in [-0.3, -0.25) is 4.79 Å². The van der Waals surface area contributed by atoms with Crippen LogP contribution in [0.4, 0.5) is 0 Å². The summed E-state index contributed by atoms with van der Waals surface area (Å²) in [6.07, 6.45) is 1.52. The number of esters is 1. The van der Waals surface area contributed by atoms with Crippen LogP contribution in [0.1, 0.15) is 38.1 Å². The fourth-order valence-corrected chi connectivity index (χ4v) is 4.90. The number of amides is 1. The second kappa shape index (κ2) is 11.7. The van der Waals surface area contributed by atoms with Crippen molar-refractivity contribution in [3.63, 3.8) is 0 Å². The predicted octanol–water partition coefficient (Wildman–Crippen LogP) is 6.08. The molecule has 1 N–H and O–H groups in total. The number of rotatable bonds is 9. The lowest BCUT2D eigenvalue weighted by molar-refractivity contribution is 0.0521. The molecule has 4 aromatic rings. The minimum atomic E-state index is -0.449. The highest BCUT2D eigenvalue weighted by Gasteiger charge is 2.17. The number of para-hydroxylation sites is 1. The average molecular weight is 523 g/mol. The normalized spacial score (nSPS) is 11.0. The molecule has 0 saturated heterocycles. The highest BCUT2D eigenvalue weighted by molar-refractivity contribution is 7.21. The Labute approximate surface area is 217 Å². The van der Waals surface area contributed by atoms with Crippen LogP contribution in [0.3, 0.4) is 0 Å². The summed E-state index contributed by atoms with van der Waals surface area (Å²) in [6, 6.07) is 19.9. The van der Waals surface area contributed by atoms with Gasteiger partial charge in [0.15, 0.2) is 0 Å². The Balaban J connectivity index is 1.46. The number of hydrazone groups is 1. The van der Waals surface area contributed by atoms with E-state index in [0.717, 1.165) is 21.2 Å². The Hall–Kier alpha value is -3.88. The van der Waals surface area contributed by atoms with Gasteiger partial charge in [-0.25, -0.2) is 10.2 Å². The van der Waals surface area contributed by atoms with Crippen LogP contribution in [0.5, 0.6) is 11.5 Å². The number of thiophene rings is 1. The molecule has 9 heteroatoms. The van der Waals surface area contributed by atoms with Crippen LogP contribution in [0.2, 0.25) is 5.02 Å². The maximum Gasteiger partial charge on any atom is 0.341 e. The minimum Gasteiger partial charge on any atom is -0.496 e. The Bertz CT molecular complexity index is 1430. The monoisotopic (exact) mass is 522 g/mol. The maximum absolute atomic E-state index is 12.6. The van der Waals surface area contributed by atoms with Gasteiger partial charge in [0.25, 0.3) is 5.91 Å². The van der Waals surface area contributed by atoms with Gasteiger partial charge >= 0.3 is 5.97 Å². The molecular weight excluding hydrogens is 500 g/mol. The van der Waals surface area contributed by atoms with Crippen LogP contribution < -0.4 is 14.9 Å². The summed E-state index contributed by atoms with van der Waals surface area (Å²) < 4.78 is 17.4. The summed E-state index contributed by atoms with van der Waals surface area (Å²) in [5, 5.41) is 5.33. The number of hydrogen-bond donors (Lipinski definition) is 1. The van der Waals surface area contributed by atoms with E-state index in [2.05, 4.69) is 10.5 Å². The topological polar surface area (TPSA) is 86.2 Å². The summed E-state index contributed by atoms with van der Waals surface area (Å²) in [4.78, 5) is 25.2. The number of benzene rings is 3. The van der Waals surface area contributed by atoms with E-state index in [-0.39, 0.29) is 19.1 Å². The first-order valence-corrected chi connectivity index (χ1v) is 12.3. The van der Waals surface area contributed by atoms with Crippen molar-refractivity contribution >= 4 is 51.1 Å². The van der Waals surface area contributed by atoms with E-state index < -0.39 is 5.97 Å². The molecule has 0 fully saturated rings. The Kier molecular flexibility index (Phi) is 8.20. The number of methoxy groups -OCH3 is 1. The number of ether oxygens (including phenoxy) is 3. The van der Waals surface area contributed by atoms with Gasteiger partial charge in [0.2, 0.25) is 0 Å². The van der Waals surface area contributed by atoms with E-state index >= 15 is 0 Å². The quantitative estimate of drug-likeness (QED) is 0.163. The van der Waals surface area contributed by atoms with Crippen LogP contribution in [0, 0.1) is 0 Å². The van der Waals surface area contributed by atoms with Gasteiger partial charge in [-0.05, 0) is 48.9 Å². The van der Waals surface area contributed by atoms with Gasteiger partial charge in [-0.2, -0.15) is 5.10 Å². The van der Waals surface area contributed by atoms with Gasteiger partial charge < -0.3 is 14.2 Å². The number of nitrogens with zero attached hydrogens (tertiary/aromatic N) is 1. The Morgan fingerprint density at radius 2 is 1.83 bits per heavy atom. The molecule has 0 radical (unpaired) electrons. The first kappa shape index (κ1) is 25.2. The first-order valence-electron chi connectivity index (χ1n) is 11.1. The van der Waals surface area contributed by atoms with E-state index in [4.69, 9.17) is 25.8 Å². The van der Waals surface area contributed by atoms with Crippen LogP contribution in [-0.2, 0) is 11.3 Å². The highest BCUT2D eigenvalue weighted by atomic mass is 35.5. The van der Waals surface area contributed by atoms with Gasteiger partial charge in [-0.1, -0.05) is 41.9 Å². The molecule has 0 spiro atoms. The maximum atomic E-state index is 12.6. The van der Waals surface area contributed by atoms with Crippen molar-refractivity contribution < 1.29 is 23.8 Å². The van der Waals surface area contributed by atoms with Crippen LogP contribution in [0.15, 0.2) is 71.8 Å². The molecular formula is C27H23ClN2O5S. The van der Waals surface area contributed by atoms with E-state index in [0.29, 0.717) is 27.0 Å². The lowest BCUT2D eigenvalue weighted by atomic mass is 10.1. The molecule has 3 aromatic carbocycles. The third-order valence-electron chi connectivity index (χ3n) is 5.19. The molecule has 1 heterocycles. The van der Waals surface area contributed by atoms with E-state index in [1.807, 2.05) is 30.3 Å². The third-order valence-corrected chi connectivity index (χ3v) is 6.87. The molecule has 4 rings (SSSR count). The zero-order valence-electron chi connectivity index (χ0n) is 19.6. The number of carbonyl (C=O) groups excluding carboxylic acids is 2. The molecule has 0 bridgehead atoms. The van der Waals surface area contributed by atoms with Crippen molar-refractivity contribution in [2.75, 3.05) is 13.7 Å². The zero-order valence-corrected chi connectivity index (χ0v) is 21.2. The van der Waals surface area contributed by atoms with Gasteiger partial charge in [0, 0.05) is 15.6 Å². The van der Waals surface area contributed by atoms with Crippen LogP contribution >= 0.6 is 22.9 Å².